The van der Waals surface area contributed by atoms with E-state index >= 15 is 0 Å². The molecule has 2 atom stereocenters. The van der Waals surface area contributed by atoms with Crippen LogP contribution in [0.15, 0.2) is 29.2 Å². The summed E-state index contributed by atoms with van der Waals surface area (Å²) in [5.41, 5.74) is 0.275. The van der Waals surface area contributed by atoms with Gasteiger partial charge in [-0.3, -0.25) is 0 Å². The number of nitrogens with zero attached hydrogens (tertiary/aromatic N) is 1. The van der Waals surface area contributed by atoms with Gasteiger partial charge in [-0.15, -0.1) is 0 Å². The summed E-state index contributed by atoms with van der Waals surface area (Å²) in [6.07, 6.45) is -2.17. The van der Waals surface area contributed by atoms with E-state index in [1.165, 1.54) is 6.07 Å². The average molecular weight is 297 g/mol. The number of β-amino-alcohol motifs (C(OH)–C–C–N with tert-alkyl or cyclic N) is 2. The molecule has 20 heavy (non-hydrogen) atoms. The largest absolute Gasteiger partial charge is 0.389 e. The smallest absolute Gasteiger partial charge is 0.244 e. The molecule has 108 valence electrons. The molecule has 7 heteroatoms. The Bertz CT molecular complexity index is 636. The van der Waals surface area contributed by atoms with Gasteiger partial charge in [-0.05, 0) is 12.1 Å². The van der Waals surface area contributed by atoms with Crippen LogP contribution in [0.2, 0.25) is 0 Å². The van der Waals surface area contributed by atoms with Gasteiger partial charge in [0, 0.05) is 18.7 Å². The first-order chi connectivity index (χ1) is 9.46. The molecule has 1 heterocycles. The van der Waals surface area contributed by atoms with Gasteiger partial charge in [-0.1, -0.05) is 24.0 Å². The normalized spacial score (nSPS) is 23.4. The van der Waals surface area contributed by atoms with Gasteiger partial charge in [0.2, 0.25) is 10.0 Å². The van der Waals surface area contributed by atoms with Crippen LogP contribution in [0.1, 0.15) is 5.56 Å². The van der Waals surface area contributed by atoms with E-state index in [-0.39, 0.29) is 30.2 Å². The highest BCUT2D eigenvalue weighted by atomic mass is 32.2. The number of hydrogen-bond acceptors (Lipinski definition) is 5. The molecule has 0 radical (unpaired) electrons. The van der Waals surface area contributed by atoms with Crippen molar-refractivity contribution in [1.29, 1.82) is 0 Å². The van der Waals surface area contributed by atoms with Crippen LogP contribution in [0, 0.1) is 11.8 Å². The zero-order valence-electron chi connectivity index (χ0n) is 10.6. The van der Waals surface area contributed by atoms with E-state index in [2.05, 4.69) is 11.8 Å². The highest BCUT2D eigenvalue weighted by Gasteiger charge is 2.38. The van der Waals surface area contributed by atoms with E-state index in [0.717, 1.165) is 4.31 Å². The van der Waals surface area contributed by atoms with Crippen LogP contribution in [0.25, 0.3) is 0 Å². The van der Waals surface area contributed by atoms with Crippen LogP contribution in [-0.4, -0.2) is 59.9 Å². The van der Waals surface area contributed by atoms with E-state index in [1.54, 1.807) is 18.2 Å². The highest BCUT2D eigenvalue weighted by Crippen LogP contribution is 2.23. The molecule has 2 rings (SSSR count). The van der Waals surface area contributed by atoms with Crippen LogP contribution >= 0.6 is 0 Å². The molecule has 1 aromatic rings. The average Bonchev–Trinajstić information content (AvgIpc) is 2.77. The zero-order chi connectivity index (χ0) is 14.8. The minimum atomic E-state index is -3.84. The SMILES string of the molecule is O=S(=O)(c1ccccc1C#CCO)N1CC(O)C(O)C1. The van der Waals surface area contributed by atoms with Gasteiger partial charge in [-0.25, -0.2) is 8.42 Å². The lowest BCUT2D eigenvalue weighted by Gasteiger charge is -2.16. The molecule has 0 bridgehead atoms. The summed E-state index contributed by atoms with van der Waals surface area (Å²) in [4.78, 5) is 0.00208. The van der Waals surface area contributed by atoms with Crippen molar-refractivity contribution in [3.05, 3.63) is 29.8 Å². The summed E-state index contributed by atoms with van der Waals surface area (Å²) in [5.74, 6) is 4.99. The predicted molar refractivity (Wildman–Crippen MR) is 71.2 cm³/mol. The van der Waals surface area contributed by atoms with Crippen LogP contribution in [0.3, 0.4) is 0 Å². The Hall–Kier alpha value is -1.43. The first-order valence-corrected chi connectivity index (χ1v) is 7.46. The summed E-state index contributed by atoms with van der Waals surface area (Å²) in [7, 11) is -3.84. The Balaban J connectivity index is 2.40. The summed E-state index contributed by atoms with van der Waals surface area (Å²) < 4.78 is 26.0. The minimum Gasteiger partial charge on any atom is -0.389 e. The molecule has 0 aromatic heterocycles. The minimum absolute atomic E-state index is 0.00208. The summed E-state index contributed by atoms with van der Waals surface area (Å²) >= 11 is 0. The topological polar surface area (TPSA) is 98.1 Å². The van der Waals surface area contributed by atoms with Gasteiger partial charge in [0.05, 0.1) is 17.1 Å². The van der Waals surface area contributed by atoms with Crippen molar-refractivity contribution < 1.29 is 23.7 Å². The maximum Gasteiger partial charge on any atom is 0.244 e. The Morgan fingerprint density at radius 2 is 1.80 bits per heavy atom. The standard InChI is InChI=1S/C13H15NO5S/c15-7-3-5-10-4-1-2-6-13(10)20(18,19)14-8-11(16)12(17)9-14/h1-2,4,6,11-12,15-17H,7-9H2. The van der Waals surface area contributed by atoms with Crippen molar-refractivity contribution in [2.75, 3.05) is 19.7 Å². The van der Waals surface area contributed by atoms with Gasteiger partial charge in [0.25, 0.3) is 0 Å². The van der Waals surface area contributed by atoms with E-state index in [9.17, 15) is 18.6 Å². The van der Waals surface area contributed by atoms with Gasteiger partial charge in [0.15, 0.2) is 0 Å². The van der Waals surface area contributed by atoms with Gasteiger partial charge >= 0.3 is 0 Å². The summed E-state index contributed by atoms with van der Waals surface area (Å²) in [6.45, 7) is -0.661. The van der Waals surface area contributed by atoms with E-state index in [0.29, 0.717) is 0 Å². The second kappa shape index (κ2) is 5.91. The number of sulfonamides is 1. The summed E-state index contributed by atoms with van der Waals surface area (Å²) in [6, 6.07) is 6.17. The molecule has 2 unspecified atom stereocenters. The molecule has 1 aromatic carbocycles. The molecule has 0 saturated carbocycles. The fourth-order valence-electron chi connectivity index (χ4n) is 2.00. The fraction of sp³-hybridized carbons (Fsp3) is 0.385. The van der Waals surface area contributed by atoms with Crippen LogP contribution < -0.4 is 0 Å². The molecule has 0 amide bonds. The first-order valence-electron chi connectivity index (χ1n) is 6.02. The van der Waals surface area contributed by atoms with Crippen molar-refractivity contribution in [3.8, 4) is 11.8 Å². The monoisotopic (exact) mass is 297 g/mol. The van der Waals surface area contributed by atoms with Crippen LogP contribution in [-0.2, 0) is 10.0 Å². The van der Waals surface area contributed by atoms with Crippen LogP contribution in [0.5, 0.6) is 0 Å². The van der Waals surface area contributed by atoms with E-state index < -0.39 is 22.2 Å². The van der Waals surface area contributed by atoms with Crippen molar-refractivity contribution in [3.63, 3.8) is 0 Å². The van der Waals surface area contributed by atoms with Gasteiger partial charge < -0.3 is 15.3 Å². The molecule has 6 nitrogen and oxygen atoms in total. The first kappa shape index (κ1) is 15.0. The highest BCUT2D eigenvalue weighted by molar-refractivity contribution is 7.89. The molecule has 1 fully saturated rings. The number of benzene rings is 1. The molecule has 0 aliphatic carbocycles. The Labute approximate surface area is 117 Å². The molecule has 1 aliphatic rings. The lowest BCUT2D eigenvalue weighted by atomic mass is 10.2. The second-order valence-corrected chi connectivity index (χ2v) is 6.32. The Morgan fingerprint density at radius 1 is 1.20 bits per heavy atom. The fourth-order valence-corrected chi connectivity index (χ4v) is 3.62. The summed E-state index contributed by atoms with van der Waals surface area (Å²) in [5, 5.41) is 27.6. The second-order valence-electron chi connectivity index (χ2n) is 4.41. The number of hydrogen-bond donors (Lipinski definition) is 3. The van der Waals surface area contributed by atoms with E-state index in [4.69, 9.17) is 5.11 Å². The van der Waals surface area contributed by atoms with Gasteiger partial charge in [0.1, 0.15) is 6.61 Å². The molecule has 1 aliphatic heterocycles. The number of aliphatic hydroxyl groups excluding tert-OH is 3. The van der Waals surface area contributed by atoms with Crippen molar-refractivity contribution >= 4 is 10.0 Å². The maximum absolute atomic E-state index is 12.5. The molecule has 0 spiro atoms. The van der Waals surface area contributed by atoms with Gasteiger partial charge in [-0.2, -0.15) is 4.31 Å². The number of aliphatic hydroxyl groups is 3. The van der Waals surface area contributed by atoms with Crippen molar-refractivity contribution in [1.82, 2.24) is 4.31 Å². The zero-order valence-corrected chi connectivity index (χ0v) is 11.4. The lowest BCUT2D eigenvalue weighted by molar-refractivity contribution is 0.0572. The molecule has 1 saturated heterocycles. The third-order valence-electron chi connectivity index (χ3n) is 3.03. The molecule has 3 N–H and O–H groups in total. The molecular formula is C13H15NO5S. The predicted octanol–water partition coefficient (Wildman–Crippen LogP) is -1.24. The maximum atomic E-state index is 12.5. The Morgan fingerprint density at radius 3 is 2.40 bits per heavy atom. The quantitative estimate of drug-likeness (QED) is 0.593. The van der Waals surface area contributed by atoms with Crippen molar-refractivity contribution in [2.45, 2.75) is 17.1 Å². The van der Waals surface area contributed by atoms with E-state index in [1.807, 2.05) is 0 Å². The number of rotatable bonds is 2. The third kappa shape index (κ3) is 2.85. The van der Waals surface area contributed by atoms with Crippen molar-refractivity contribution in [2.24, 2.45) is 0 Å². The molecular weight excluding hydrogens is 282 g/mol. The Kier molecular flexibility index (Phi) is 4.42. The van der Waals surface area contributed by atoms with Crippen LogP contribution in [0.4, 0.5) is 0 Å². The third-order valence-corrected chi connectivity index (χ3v) is 4.92. The lowest BCUT2D eigenvalue weighted by Crippen LogP contribution is -2.30.